The number of fused-ring (bicyclic) bond motifs is 2. The molecule has 3 nitrogen and oxygen atoms in total. The quantitative estimate of drug-likeness (QED) is 0.413. The van der Waals surface area contributed by atoms with Gasteiger partial charge in [0.1, 0.15) is 11.6 Å². The molecule has 5 rings (SSSR count). The standard InChI is InChI=1S/C30H31FN2O/c1-4-5-19-6-8-25(33-18-19)17-29(34)30(2,3)23-14-20-12-22(13-21(20)15-23)26-10-11-32-28-9-7-24(31)16-27(26)28/h6-11,16,18,20-23H,12-15,17H2,1-3H3/t20-,21+,22?,23?. The van der Waals surface area contributed by atoms with Crippen molar-refractivity contribution >= 4 is 16.7 Å². The molecule has 2 aliphatic carbocycles. The minimum Gasteiger partial charge on any atom is -0.299 e. The molecular formula is C30H31FN2O. The molecule has 4 heteroatoms. The summed E-state index contributed by atoms with van der Waals surface area (Å²) in [5, 5.41) is 0.947. The second-order valence-electron chi connectivity index (χ2n) is 10.7. The SMILES string of the molecule is CC#Cc1ccc(CC(=O)C(C)(C)C2C[C@H]3CC(c4ccnc5ccc(F)cc45)C[C@H]3C2)nc1. The highest BCUT2D eigenvalue weighted by Gasteiger charge is 2.48. The van der Waals surface area contributed by atoms with E-state index in [0.717, 1.165) is 47.8 Å². The third-order valence-corrected chi connectivity index (χ3v) is 8.37. The topological polar surface area (TPSA) is 42.9 Å². The smallest absolute Gasteiger partial charge is 0.144 e. The highest BCUT2D eigenvalue weighted by atomic mass is 19.1. The maximum atomic E-state index is 13.9. The zero-order valence-corrected chi connectivity index (χ0v) is 20.1. The minimum absolute atomic E-state index is 0.206. The lowest BCUT2D eigenvalue weighted by molar-refractivity contribution is -0.129. The van der Waals surface area contributed by atoms with Gasteiger partial charge < -0.3 is 0 Å². The van der Waals surface area contributed by atoms with Gasteiger partial charge in [-0.3, -0.25) is 14.8 Å². The van der Waals surface area contributed by atoms with Crippen molar-refractivity contribution in [1.29, 1.82) is 0 Å². The van der Waals surface area contributed by atoms with Gasteiger partial charge in [0.25, 0.3) is 0 Å². The molecule has 174 valence electrons. The van der Waals surface area contributed by atoms with E-state index in [4.69, 9.17) is 0 Å². The van der Waals surface area contributed by atoms with Gasteiger partial charge in [-0.05, 0) is 98.2 Å². The fourth-order valence-corrected chi connectivity index (χ4v) is 6.32. The summed E-state index contributed by atoms with van der Waals surface area (Å²) in [5.41, 5.74) is 3.42. The Hall–Kier alpha value is -3.06. The van der Waals surface area contributed by atoms with Crippen molar-refractivity contribution in [3.8, 4) is 11.8 Å². The lowest BCUT2D eigenvalue weighted by atomic mass is 9.72. The summed E-state index contributed by atoms with van der Waals surface area (Å²) >= 11 is 0. The number of rotatable bonds is 5. The second kappa shape index (κ2) is 8.95. The average Bonchev–Trinajstić information content (AvgIpc) is 3.40. The van der Waals surface area contributed by atoms with Crippen molar-refractivity contribution < 1.29 is 9.18 Å². The van der Waals surface area contributed by atoms with Crippen LogP contribution in [-0.4, -0.2) is 15.8 Å². The van der Waals surface area contributed by atoms with Crippen LogP contribution in [0, 0.1) is 40.8 Å². The number of nitrogens with zero attached hydrogens (tertiary/aromatic N) is 2. The second-order valence-corrected chi connectivity index (χ2v) is 10.7. The van der Waals surface area contributed by atoms with Gasteiger partial charge in [-0.15, -0.1) is 5.92 Å². The van der Waals surface area contributed by atoms with E-state index in [1.165, 1.54) is 11.6 Å². The summed E-state index contributed by atoms with van der Waals surface area (Å²) in [6.45, 7) is 6.04. The normalized spacial score (nSPS) is 24.0. The van der Waals surface area contributed by atoms with Crippen LogP contribution in [0.15, 0.2) is 48.8 Å². The Labute approximate surface area is 201 Å². The van der Waals surface area contributed by atoms with Crippen LogP contribution >= 0.6 is 0 Å². The third kappa shape index (κ3) is 4.25. The fraction of sp³-hybridized carbons (Fsp3) is 0.433. The minimum atomic E-state index is -0.365. The van der Waals surface area contributed by atoms with Crippen LogP contribution in [0.4, 0.5) is 4.39 Å². The summed E-state index contributed by atoms with van der Waals surface area (Å²) in [7, 11) is 0. The molecular weight excluding hydrogens is 423 g/mol. The Morgan fingerprint density at radius 3 is 2.50 bits per heavy atom. The number of Topliss-reactive ketones (excluding diaryl/α,β-unsaturated/α-hetero) is 1. The van der Waals surface area contributed by atoms with Crippen LogP contribution in [0.3, 0.4) is 0 Å². The number of benzene rings is 1. The molecule has 1 aromatic carbocycles. The fourth-order valence-electron chi connectivity index (χ4n) is 6.32. The molecule has 3 aromatic rings. The first-order chi connectivity index (χ1) is 16.3. The van der Waals surface area contributed by atoms with Crippen molar-refractivity contribution in [2.45, 2.75) is 58.8 Å². The molecule has 2 unspecified atom stereocenters. The molecule has 2 fully saturated rings. The first-order valence-electron chi connectivity index (χ1n) is 12.3. The number of ketones is 1. The molecule has 2 heterocycles. The molecule has 2 aromatic heterocycles. The van der Waals surface area contributed by atoms with Gasteiger partial charge in [-0.1, -0.05) is 19.8 Å². The Bertz CT molecular complexity index is 1270. The van der Waals surface area contributed by atoms with Crippen molar-refractivity contribution in [2.24, 2.45) is 23.2 Å². The van der Waals surface area contributed by atoms with E-state index in [9.17, 15) is 9.18 Å². The molecule has 0 amide bonds. The van der Waals surface area contributed by atoms with Gasteiger partial charge in [0.05, 0.1) is 5.52 Å². The molecule has 34 heavy (non-hydrogen) atoms. The lowest BCUT2D eigenvalue weighted by Crippen LogP contribution is -2.33. The van der Waals surface area contributed by atoms with Gasteiger partial charge in [-0.2, -0.15) is 0 Å². The Balaban J connectivity index is 1.25. The van der Waals surface area contributed by atoms with Gasteiger partial charge in [0.15, 0.2) is 0 Å². The number of carbonyl (C=O) groups is 1. The maximum Gasteiger partial charge on any atom is 0.144 e. The van der Waals surface area contributed by atoms with Crippen LogP contribution in [-0.2, 0) is 11.2 Å². The van der Waals surface area contributed by atoms with E-state index in [1.54, 1.807) is 25.3 Å². The van der Waals surface area contributed by atoms with Crippen molar-refractivity contribution in [3.05, 3.63) is 71.4 Å². The molecule has 2 aliphatic rings. The van der Waals surface area contributed by atoms with E-state index in [0.29, 0.717) is 30.1 Å². The summed E-state index contributed by atoms with van der Waals surface area (Å²) < 4.78 is 13.9. The molecule has 4 atom stereocenters. The molecule has 2 saturated carbocycles. The Kier molecular flexibility index (Phi) is 5.98. The van der Waals surface area contributed by atoms with Gasteiger partial charge in [-0.25, -0.2) is 4.39 Å². The predicted octanol–water partition coefficient (Wildman–Crippen LogP) is 6.50. The van der Waals surface area contributed by atoms with Gasteiger partial charge >= 0.3 is 0 Å². The third-order valence-electron chi connectivity index (χ3n) is 8.37. The summed E-state index contributed by atoms with van der Waals surface area (Å²) in [6.07, 6.45) is 8.39. The van der Waals surface area contributed by atoms with Crippen LogP contribution in [0.5, 0.6) is 0 Å². The zero-order chi connectivity index (χ0) is 23.9. The largest absolute Gasteiger partial charge is 0.299 e. The summed E-state index contributed by atoms with van der Waals surface area (Å²) in [4.78, 5) is 22.2. The highest BCUT2D eigenvalue weighted by Crippen LogP contribution is 2.56. The van der Waals surface area contributed by atoms with Crippen molar-refractivity contribution in [2.75, 3.05) is 0 Å². The van der Waals surface area contributed by atoms with Crippen molar-refractivity contribution in [1.82, 2.24) is 9.97 Å². The monoisotopic (exact) mass is 454 g/mol. The Morgan fingerprint density at radius 1 is 1.06 bits per heavy atom. The predicted molar refractivity (Wildman–Crippen MR) is 133 cm³/mol. The number of hydrogen-bond donors (Lipinski definition) is 0. The first-order valence-corrected chi connectivity index (χ1v) is 12.3. The van der Waals surface area contributed by atoms with Crippen LogP contribution in [0.1, 0.15) is 69.2 Å². The highest BCUT2D eigenvalue weighted by molar-refractivity contribution is 5.86. The molecule has 0 aliphatic heterocycles. The van der Waals surface area contributed by atoms with Crippen LogP contribution in [0.25, 0.3) is 10.9 Å². The van der Waals surface area contributed by atoms with E-state index in [2.05, 4.69) is 41.7 Å². The van der Waals surface area contributed by atoms with E-state index < -0.39 is 0 Å². The number of aromatic nitrogens is 2. The number of halogens is 1. The Morgan fingerprint density at radius 2 is 1.82 bits per heavy atom. The van der Waals surface area contributed by atoms with Crippen LogP contribution in [0.2, 0.25) is 0 Å². The average molecular weight is 455 g/mol. The van der Waals surface area contributed by atoms with E-state index in [-0.39, 0.29) is 17.0 Å². The molecule has 0 spiro atoms. The first kappa shape index (κ1) is 22.7. The van der Waals surface area contributed by atoms with Crippen LogP contribution < -0.4 is 0 Å². The molecule has 0 N–H and O–H groups in total. The molecule has 0 radical (unpaired) electrons. The van der Waals surface area contributed by atoms with Gasteiger partial charge in [0, 0.05) is 40.9 Å². The van der Waals surface area contributed by atoms with Gasteiger partial charge in [0.2, 0.25) is 0 Å². The lowest BCUT2D eigenvalue weighted by Gasteiger charge is -2.31. The van der Waals surface area contributed by atoms with E-state index in [1.807, 2.05) is 18.3 Å². The number of hydrogen-bond acceptors (Lipinski definition) is 3. The maximum absolute atomic E-state index is 13.9. The summed E-state index contributed by atoms with van der Waals surface area (Å²) in [6, 6.07) is 10.8. The number of carbonyl (C=O) groups excluding carboxylic acids is 1. The molecule has 0 saturated heterocycles. The molecule has 0 bridgehead atoms. The summed E-state index contributed by atoms with van der Waals surface area (Å²) in [5.74, 6) is 8.02. The van der Waals surface area contributed by atoms with Crippen molar-refractivity contribution in [3.63, 3.8) is 0 Å². The van der Waals surface area contributed by atoms with E-state index >= 15 is 0 Å². The zero-order valence-electron chi connectivity index (χ0n) is 20.1. The number of pyridine rings is 2.